The van der Waals surface area contributed by atoms with Gasteiger partial charge in [-0.1, -0.05) is 18.9 Å². The number of aryl methyl sites for hydroxylation is 1. The van der Waals surface area contributed by atoms with E-state index < -0.39 is 23.1 Å². The zero-order chi connectivity index (χ0) is 24.4. The first kappa shape index (κ1) is 23.0. The number of benzene rings is 1. The maximum atomic E-state index is 13.4. The second-order valence-electron chi connectivity index (χ2n) is 8.41. The molecule has 1 aliphatic rings. The normalized spacial score (nSPS) is 12.9. The van der Waals surface area contributed by atoms with E-state index in [1.54, 1.807) is 30.3 Å². The van der Waals surface area contributed by atoms with Crippen LogP contribution in [0.5, 0.6) is 0 Å². The first-order valence-corrected chi connectivity index (χ1v) is 11.1. The van der Waals surface area contributed by atoms with E-state index in [0.717, 1.165) is 12.8 Å². The minimum absolute atomic E-state index is 0.0522. The third-order valence-electron chi connectivity index (χ3n) is 5.68. The number of likely N-dealkylation sites (N-methyl/N-ethyl adjacent to an activating group) is 1. The minimum Gasteiger partial charge on any atom is -0.332 e. The number of pyridine rings is 1. The molecule has 9 heteroatoms. The van der Waals surface area contributed by atoms with Crippen LogP contribution in [0.4, 0.5) is 5.69 Å². The van der Waals surface area contributed by atoms with Gasteiger partial charge in [0, 0.05) is 36.5 Å². The molecule has 0 bridgehead atoms. The molecule has 3 aromatic rings. The predicted molar refractivity (Wildman–Crippen MR) is 129 cm³/mol. The third-order valence-corrected chi connectivity index (χ3v) is 5.68. The third kappa shape index (κ3) is 4.62. The van der Waals surface area contributed by atoms with Gasteiger partial charge in [-0.05, 0) is 43.5 Å². The van der Waals surface area contributed by atoms with Crippen molar-refractivity contribution in [2.45, 2.75) is 38.6 Å². The fourth-order valence-electron chi connectivity index (χ4n) is 3.86. The smallest absolute Gasteiger partial charge is 0.329 e. The van der Waals surface area contributed by atoms with Gasteiger partial charge in [-0.25, -0.2) is 9.78 Å². The molecule has 0 spiro atoms. The molecular formula is C25H25N5O4. The number of anilines is 1. The molecule has 34 heavy (non-hydrogen) atoms. The van der Waals surface area contributed by atoms with Gasteiger partial charge < -0.3 is 10.2 Å². The van der Waals surface area contributed by atoms with E-state index in [-0.39, 0.29) is 29.1 Å². The van der Waals surface area contributed by atoms with Gasteiger partial charge in [0.1, 0.15) is 0 Å². The van der Waals surface area contributed by atoms with Gasteiger partial charge in [0.15, 0.2) is 5.65 Å². The molecule has 2 N–H and O–H groups in total. The van der Waals surface area contributed by atoms with Crippen molar-refractivity contribution in [1.82, 2.24) is 19.4 Å². The Hall–Kier alpha value is -4.19. The van der Waals surface area contributed by atoms with Crippen LogP contribution >= 0.6 is 0 Å². The molecule has 2 amide bonds. The van der Waals surface area contributed by atoms with Crippen molar-refractivity contribution in [1.29, 1.82) is 0 Å². The number of nitrogens with zero attached hydrogens (tertiary/aromatic N) is 3. The summed E-state index contributed by atoms with van der Waals surface area (Å²) in [4.78, 5) is 59.3. The van der Waals surface area contributed by atoms with E-state index in [1.807, 2.05) is 6.92 Å². The number of H-pyrrole nitrogens is 1. The van der Waals surface area contributed by atoms with Crippen LogP contribution in [0, 0.1) is 12.3 Å². The van der Waals surface area contributed by atoms with Gasteiger partial charge in [0.2, 0.25) is 5.91 Å². The molecule has 4 rings (SSSR count). The molecule has 0 atom stereocenters. The summed E-state index contributed by atoms with van der Waals surface area (Å²) in [5.74, 6) is 1.77. The highest BCUT2D eigenvalue weighted by molar-refractivity contribution is 6.07. The number of aromatic nitrogens is 3. The van der Waals surface area contributed by atoms with Crippen LogP contribution in [0.15, 0.2) is 39.9 Å². The largest absolute Gasteiger partial charge is 0.332 e. The Labute approximate surface area is 195 Å². The van der Waals surface area contributed by atoms with Crippen LogP contribution in [0.3, 0.4) is 0 Å². The lowest BCUT2D eigenvalue weighted by Gasteiger charge is -2.19. The molecule has 1 fully saturated rings. The lowest BCUT2D eigenvalue weighted by Crippen LogP contribution is -2.37. The Kier molecular flexibility index (Phi) is 6.32. The average molecular weight is 460 g/mol. The van der Waals surface area contributed by atoms with E-state index in [4.69, 9.17) is 6.42 Å². The van der Waals surface area contributed by atoms with Crippen molar-refractivity contribution in [2.24, 2.45) is 0 Å². The molecule has 2 heterocycles. The Morgan fingerprint density at radius 1 is 1.29 bits per heavy atom. The van der Waals surface area contributed by atoms with Crippen molar-refractivity contribution in [3.05, 3.63) is 68.0 Å². The van der Waals surface area contributed by atoms with Crippen LogP contribution < -0.4 is 16.6 Å². The fourth-order valence-corrected chi connectivity index (χ4v) is 3.86. The van der Waals surface area contributed by atoms with Gasteiger partial charge in [-0.15, -0.1) is 6.42 Å². The number of aromatic amines is 1. The van der Waals surface area contributed by atoms with E-state index in [2.05, 4.69) is 21.2 Å². The van der Waals surface area contributed by atoms with Gasteiger partial charge >= 0.3 is 5.69 Å². The van der Waals surface area contributed by atoms with Crippen LogP contribution in [-0.2, 0) is 11.3 Å². The number of amides is 2. The van der Waals surface area contributed by atoms with Crippen molar-refractivity contribution >= 4 is 28.5 Å². The monoisotopic (exact) mass is 459 g/mol. The first-order chi connectivity index (χ1) is 16.3. The predicted octanol–water partition coefficient (Wildman–Crippen LogP) is 2.06. The van der Waals surface area contributed by atoms with E-state index in [0.29, 0.717) is 29.9 Å². The Bertz CT molecular complexity index is 1440. The summed E-state index contributed by atoms with van der Waals surface area (Å²) in [7, 11) is 1.49. The first-order valence-electron chi connectivity index (χ1n) is 11.1. The lowest BCUT2D eigenvalue weighted by molar-refractivity contribution is -0.116. The van der Waals surface area contributed by atoms with Crippen molar-refractivity contribution in [2.75, 3.05) is 18.9 Å². The SMILES string of the molecule is C#Cc1cccc(NC(=O)CN(C)C(=O)c2cc(C3CC3)nc3c2c(=O)[nH]c(=O)n3CCC)c1. The van der Waals surface area contributed by atoms with Crippen LogP contribution in [0.25, 0.3) is 11.0 Å². The van der Waals surface area contributed by atoms with Crippen molar-refractivity contribution in [3.8, 4) is 12.3 Å². The summed E-state index contributed by atoms with van der Waals surface area (Å²) in [6, 6.07) is 8.44. The van der Waals surface area contributed by atoms with Gasteiger partial charge in [-0.2, -0.15) is 0 Å². The highest BCUT2D eigenvalue weighted by atomic mass is 16.2. The standard InChI is InChI=1S/C25H25N5O4/c1-4-11-30-22-21(23(32)28-25(30)34)18(13-19(27-22)16-9-10-16)24(33)29(3)14-20(31)26-17-8-6-7-15(5-2)12-17/h2,6-8,12-13,16H,4,9-11,14H2,1,3H3,(H,26,31)(H,28,32,34). The number of carbonyl (C=O) groups excluding carboxylic acids is 2. The molecule has 1 aliphatic carbocycles. The maximum Gasteiger partial charge on any atom is 0.329 e. The van der Waals surface area contributed by atoms with Crippen LogP contribution in [-0.4, -0.2) is 44.8 Å². The molecule has 0 aliphatic heterocycles. The van der Waals surface area contributed by atoms with E-state index >= 15 is 0 Å². The highest BCUT2D eigenvalue weighted by Crippen LogP contribution is 2.40. The van der Waals surface area contributed by atoms with Crippen LogP contribution in [0.1, 0.15) is 53.7 Å². The topological polar surface area (TPSA) is 117 Å². The number of hydrogen-bond donors (Lipinski definition) is 2. The summed E-state index contributed by atoms with van der Waals surface area (Å²) in [5, 5.41) is 2.77. The summed E-state index contributed by atoms with van der Waals surface area (Å²) >= 11 is 0. The summed E-state index contributed by atoms with van der Waals surface area (Å²) in [6.07, 6.45) is 7.92. The Morgan fingerprint density at radius 2 is 2.06 bits per heavy atom. The zero-order valence-corrected chi connectivity index (χ0v) is 19.1. The fraction of sp³-hybridized carbons (Fsp3) is 0.320. The Balaban J connectivity index is 1.68. The summed E-state index contributed by atoms with van der Waals surface area (Å²) in [5.41, 5.74) is 0.918. The molecule has 174 valence electrons. The number of hydrogen-bond acceptors (Lipinski definition) is 5. The molecule has 0 unspecified atom stereocenters. The molecule has 0 saturated heterocycles. The van der Waals surface area contributed by atoms with E-state index in [9.17, 15) is 19.2 Å². The minimum atomic E-state index is -0.672. The lowest BCUT2D eigenvalue weighted by atomic mass is 10.1. The van der Waals surface area contributed by atoms with Gasteiger partial charge in [0.25, 0.3) is 11.5 Å². The van der Waals surface area contributed by atoms with Crippen molar-refractivity contribution < 1.29 is 9.59 Å². The van der Waals surface area contributed by atoms with Crippen molar-refractivity contribution in [3.63, 3.8) is 0 Å². The summed E-state index contributed by atoms with van der Waals surface area (Å²) in [6.45, 7) is 2.02. The Morgan fingerprint density at radius 3 is 2.74 bits per heavy atom. The van der Waals surface area contributed by atoms with E-state index in [1.165, 1.54) is 16.5 Å². The maximum absolute atomic E-state index is 13.4. The highest BCUT2D eigenvalue weighted by Gasteiger charge is 2.29. The second-order valence-corrected chi connectivity index (χ2v) is 8.41. The van der Waals surface area contributed by atoms with Gasteiger partial charge in [0.05, 0.1) is 17.5 Å². The molecule has 1 saturated carbocycles. The average Bonchev–Trinajstić information content (AvgIpc) is 3.66. The van der Waals surface area contributed by atoms with Crippen LogP contribution in [0.2, 0.25) is 0 Å². The quantitative estimate of drug-likeness (QED) is 0.525. The molecule has 0 radical (unpaired) electrons. The second kappa shape index (κ2) is 9.35. The molecule has 2 aromatic heterocycles. The summed E-state index contributed by atoms with van der Waals surface area (Å²) < 4.78 is 1.39. The number of nitrogens with one attached hydrogen (secondary N) is 2. The number of terminal acetylenes is 1. The van der Waals surface area contributed by atoms with Gasteiger partial charge in [-0.3, -0.25) is 23.9 Å². The number of rotatable bonds is 7. The molecule has 1 aromatic carbocycles. The number of carbonyl (C=O) groups is 2. The molecule has 9 nitrogen and oxygen atoms in total. The molecular weight excluding hydrogens is 434 g/mol. The number of fused-ring (bicyclic) bond motifs is 1. The zero-order valence-electron chi connectivity index (χ0n) is 19.1.